The Morgan fingerprint density at radius 3 is 2.50 bits per heavy atom. The van der Waals surface area contributed by atoms with Crippen LogP contribution in [0.4, 0.5) is 0 Å². The highest BCUT2D eigenvalue weighted by Crippen LogP contribution is 2.44. The first-order chi connectivity index (χ1) is 12.3. The van der Waals surface area contributed by atoms with E-state index >= 15 is 0 Å². The van der Waals surface area contributed by atoms with Crippen LogP contribution in [0.3, 0.4) is 0 Å². The Balaban J connectivity index is 1.87. The molecule has 0 aromatic heterocycles. The fourth-order valence-corrected chi connectivity index (χ4v) is 4.40. The lowest BCUT2D eigenvalue weighted by atomic mass is 10.1. The van der Waals surface area contributed by atoms with Crippen molar-refractivity contribution in [1.82, 2.24) is 5.32 Å². The van der Waals surface area contributed by atoms with Crippen molar-refractivity contribution in [2.24, 2.45) is 0 Å². The summed E-state index contributed by atoms with van der Waals surface area (Å²) in [4.78, 5) is 21.1. The minimum Gasteiger partial charge on any atom is -0.478 e. The molecule has 2 rings (SSSR count). The lowest BCUT2D eigenvalue weighted by Crippen LogP contribution is -2.31. The lowest BCUT2D eigenvalue weighted by molar-refractivity contribution is 0.0696. The van der Waals surface area contributed by atoms with Crippen molar-refractivity contribution in [3.8, 4) is 0 Å². The summed E-state index contributed by atoms with van der Waals surface area (Å²) in [6.45, 7) is 1.98. The number of benzene rings is 2. The summed E-state index contributed by atoms with van der Waals surface area (Å²) in [6, 6.07) is 15.4. The zero-order valence-corrected chi connectivity index (χ0v) is 15.5. The van der Waals surface area contributed by atoms with E-state index in [2.05, 4.69) is 5.32 Å². The van der Waals surface area contributed by atoms with Gasteiger partial charge >= 0.3 is 5.97 Å². The summed E-state index contributed by atoms with van der Waals surface area (Å²) >= 11 is 0. The van der Waals surface area contributed by atoms with Crippen LogP contribution >= 0.6 is 7.37 Å². The molecule has 0 bridgehead atoms. The molecule has 2 aromatic rings. The quantitative estimate of drug-likeness (QED) is 0.501. The van der Waals surface area contributed by atoms with Gasteiger partial charge in [0.2, 0.25) is 7.37 Å². The maximum absolute atomic E-state index is 12.3. The minimum atomic E-state index is -3.49. The van der Waals surface area contributed by atoms with E-state index in [1.807, 2.05) is 13.0 Å². The Bertz CT molecular complexity index is 781. The molecule has 0 saturated carbocycles. The van der Waals surface area contributed by atoms with E-state index < -0.39 is 19.4 Å². The molecule has 0 radical (unpaired) electrons. The smallest absolute Gasteiger partial charge is 0.335 e. The van der Waals surface area contributed by atoms with Gasteiger partial charge in [-0.3, -0.25) is 4.57 Å². The molecule has 26 heavy (non-hydrogen) atoms. The van der Waals surface area contributed by atoms with Crippen molar-refractivity contribution < 1.29 is 24.5 Å². The molecule has 0 aliphatic rings. The van der Waals surface area contributed by atoms with Gasteiger partial charge < -0.3 is 20.4 Å². The van der Waals surface area contributed by atoms with E-state index in [1.165, 1.54) is 6.07 Å². The number of nitrogens with one attached hydrogen (secondary N) is 1. The molecule has 7 heteroatoms. The SMILES string of the molecule is C[C@H](NC[C@@H](O)CP(=O)(O)Cc1ccccc1)c1cccc(C(=O)O)c1. The van der Waals surface area contributed by atoms with Crippen LogP contribution in [-0.4, -0.2) is 39.9 Å². The van der Waals surface area contributed by atoms with Crippen molar-refractivity contribution in [1.29, 1.82) is 0 Å². The molecular weight excluding hydrogens is 353 g/mol. The summed E-state index contributed by atoms with van der Waals surface area (Å²) in [7, 11) is -3.49. The summed E-state index contributed by atoms with van der Waals surface area (Å²) in [5, 5.41) is 22.2. The average Bonchev–Trinajstić information content (AvgIpc) is 2.59. The van der Waals surface area contributed by atoms with Crippen LogP contribution in [-0.2, 0) is 10.7 Å². The fourth-order valence-electron chi connectivity index (χ4n) is 2.70. The monoisotopic (exact) mass is 377 g/mol. The summed E-state index contributed by atoms with van der Waals surface area (Å²) in [6.07, 6.45) is -1.14. The van der Waals surface area contributed by atoms with E-state index in [0.29, 0.717) is 0 Å². The number of carbonyl (C=O) groups is 1. The van der Waals surface area contributed by atoms with Crippen LogP contribution in [0, 0.1) is 0 Å². The van der Waals surface area contributed by atoms with Gasteiger partial charge in [0.25, 0.3) is 0 Å². The molecule has 0 spiro atoms. The molecule has 1 unspecified atom stereocenters. The Morgan fingerprint density at radius 1 is 1.15 bits per heavy atom. The standard InChI is InChI=1S/C19H24NO5P/c1-14(16-8-5-9-17(10-16)19(22)23)20-11-18(21)13-26(24,25)12-15-6-3-2-4-7-15/h2-10,14,18,20-21H,11-13H2,1H3,(H,22,23)(H,24,25)/t14-,18+/m0/s1. The lowest BCUT2D eigenvalue weighted by Gasteiger charge is -2.20. The van der Waals surface area contributed by atoms with Crippen LogP contribution < -0.4 is 5.32 Å². The summed E-state index contributed by atoms with van der Waals surface area (Å²) in [5.41, 5.74) is 1.73. The van der Waals surface area contributed by atoms with Gasteiger partial charge in [-0.25, -0.2) is 4.79 Å². The van der Waals surface area contributed by atoms with E-state index in [1.54, 1.807) is 42.5 Å². The molecule has 2 aromatic carbocycles. The second-order valence-corrected chi connectivity index (χ2v) is 8.76. The molecule has 6 nitrogen and oxygen atoms in total. The normalized spacial score (nSPS) is 15.8. The second kappa shape index (κ2) is 9.10. The van der Waals surface area contributed by atoms with Crippen LogP contribution in [0.15, 0.2) is 54.6 Å². The van der Waals surface area contributed by atoms with Crippen molar-refractivity contribution >= 4 is 13.3 Å². The van der Waals surface area contributed by atoms with Crippen molar-refractivity contribution in [3.63, 3.8) is 0 Å². The summed E-state index contributed by atoms with van der Waals surface area (Å²) < 4.78 is 12.3. The topological polar surface area (TPSA) is 107 Å². The first kappa shape index (κ1) is 20.3. The van der Waals surface area contributed by atoms with E-state index in [9.17, 15) is 19.4 Å². The van der Waals surface area contributed by atoms with Crippen molar-refractivity contribution in [3.05, 3.63) is 71.3 Å². The maximum atomic E-state index is 12.3. The molecule has 0 saturated heterocycles. The molecule has 0 aliphatic carbocycles. The molecule has 3 atom stereocenters. The van der Waals surface area contributed by atoms with Crippen LogP contribution in [0.5, 0.6) is 0 Å². The van der Waals surface area contributed by atoms with Crippen molar-refractivity contribution in [2.75, 3.05) is 12.7 Å². The predicted octanol–water partition coefficient (Wildman–Crippen LogP) is 2.87. The van der Waals surface area contributed by atoms with Gasteiger partial charge in [-0.05, 0) is 30.2 Å². The van der Waals surface area contributed by atoms with Gasteiger partial charge in [0, 0.05) is 18.7 Å². The highest BCUT2D eigenvalue weighted by molar-refractivity contribution is 7.57. The minimum absolute atomic E-state index is 0.0289. The molecule has 4 N–H and O–H groups in total. The third-order valence-corrected chi connectivity index (χ3v) is 5.91. The number of carboxylic acid groups (broad SMARTS) is 1. The Morgan fingerprint density at radius 2 is 1.85 bits per heavy atom. The predicted molar refractivity (Wildman–Crippen MR) is 101 cm³/mol. The molecule has 0 fully saturated rings. The Labute approximate surface area is 153 Å². The number of rotatable bonds is 9. The first-order valence-corrected chi connectivity index (χ1v) is 10.4. The number of aliphatic hydroxyl groups excluding tert-OH is 1. The average molecular weight is 377 g/mol. The number of carboxylic acids is 1. The largest absolute Gasteiger partial charge is 0.478 e. The first-order valence-electron chi connectivity index (χ1n) is 8.36. The Kier molecular flexibility index (Phi) is 7.12. The highest BCUT2D eigenvalue weighted by atomic mass is 31.2. The fraction of sp³-hybridized carbons (Fsp3) is 0.316. The number of aliphatic hydroxyl groups is 1. The van der Waals surface area contributed by atoms with Gasteiger partial charge in [-0.15, -0.1) is 0 Å². The number of hydrogen-bond acceptors (Lipinski definition) is 4. The molecule has 0 aliphatic heterocycles. The van der Waals surface area contributed by atoms with Crippen molar-refractivity contribution in [2.45, 2.75) is 25.2 Å². The third kappa shape index (κ3) is 6.39. The summed E-state index contributed by atoms with van der Waals surface area (Å²) in [5.74, 6) is -0.999. The second-order valence-electron chi connectivity index (χ2n) is 6.39. The number of hydrogen-bond donors (Lipinski definition) is 4. The molecular formula is C19H24NO5P. The Hall–Kier alpha value is -1.98. The van der Waals surface area contributed by atoms with Gasteiger partial charge in [0.05, 0.1) is 17.8 Å². The van der Waals surface area contributed by atoms with Gasteiger partial charge in [0.15, 0.2) is 0 Å². The van der Waals surface area contributed by atoms with Crippen LogP contribution in [0.1, 0.15) is 34.5 Å². The highest BCUT2D eigenvalue weighted by Gasteiger charge is 2.23. The van der Waals surface area contributed by atoms with Crippen LogP contribution in [0.2, 0.25) is 0 Å². The van der Waals surface area contributed by atoms with E-state index in [-0.39, 0.29) is 30.5 Å². The van der Waals surface area contributed by atoms with Crippen LogP contribution in [0.25, 0.3) is 0 Å². The molecule has 0 heterocycles. The van der Waals surface area contributed by atoms with Gasteiger partial charge in [-0.1, -0.05) is 42.5 Å². The van der Waals surface area contributed by atoms with Gasteiger partial charge in [0.1, 0.15) is 0 Å². The molecule has 140 valence electrons. The van der Waals surface area contributed by atoms with E-state index in [4.69, 9.17) is 5.11 Å². The molecule has 0 amide bonds. The number of aromatic carboxylic acids is 1. The zero-order chi connectivity index (χ0) is 19.2. The van der Waals surface area contributed by atoms with E-state index in [0.717, 1.165) is 11.1 Å². The third-order valence-electron chi connectivity index (χ3n) is 4.06. The maximum Gasteiger partial charge on any atom is 0.335 e. The van der Waals surface area contributed by atoms with Gasteiger partial charge in [-0.2, -0.15) is 0 Å². The zero-order valence-electron chi connectivity index (χ0n) is 14.6.